The van der Waals surface area contributed by atoms with Crippen LogP contribution in [0.2, 0.25) is 5.02 Å². The van der Waals surface area contributed by atoms with Gasteiger partial charge >= 0.3 is 0 Å². The zero-order valence-corrected chi connectivity index (χ0v) is 19.8. The second-order valence-electron chi connectivity index (χ2n) is 7.99. The highest BCUT2D eigenvalue weighted by atomic mass is 35.5. The van der Waals surface area contributed by atoms with Crippen LogP contribution >= 0.6 is 11.6 Å². The first kappa shape index (κ1) is 22.0. The van der Waals surface area contributed by atoms with E-state index < -0.39 is 10.0 Å². The maximum absolute atomic E-state index is 13.1. The molecule has 0 amide bonds. The summed E-state index contributed by atoms with van der Waals surface area (Å²) in [6, 6.07) is 12.5. The van der Waals surface area contributed by atoms with Crippen molar-refractivity contribution in [2.75, 3.05) is 38.2 Å². The van der Waals surface area contributed by atoms with E-state index in [4.69, 9.17) is 21.3 Å². The highest BCUT2D eigenvalue weighted by Crippen LogP contribution is 2.28. The molecule has 0 spiro atoms. The van der Waals surface area contributed by atoms with Crippen LogP contribution in [0.5, 0.6) is 0 Å². The molecule has 1 fully saturated rings. The summed E-state index contributed by atoms with van der Waals surface area (Å²) in [5.74, 6) is 1.27. The Kier molecular flexibility index (Phi) is 5.69. The second-order valence-corrected chi connectivity index (χ2v) is 10.4. The summed E-state index contributed by atoms with van der Waals surface area (Å²) >= 11 is 6.21. The largest absolute Gasteiger partial charge is 0.377 e. The lowest BCUT2D eigenvalue weighted by atomic mass is 10.2. The zero-order chi connectivity index (χ0) is 23.2. The molecule has 1 aliphatic heterocycles. The zero-order valence-electron chi connectivity index (χ0n) is 18.3. The number of aryl methyl sites for hydroxylation is 1. The molecule has 11 heteroatoms. The number of hydrogen-bond acceptors (Lipinski definition) is 7. The number of aromatic nitrogens is 4. The van der Waals surface area contributed by atoms with Crippen LogP contribution in [0.15, 0.2) is 47.4 Å². The van der Waals surface area contributed by atoms with Crippen molar-refractivity contribution in [1.82, 2.24) is 23.9 Å². The fourth-order valence-electron chi connectivity index (χ4n) is 4.13. The molecule has 4 aromatic rings. The van der Waals surface area contributed by atoms with Crippen molar-refractivity contribution in [2.45, 2.75) is 18.4 Å². The highest BCUT2D eigenvalue weighted by molar-refractivity contribution is 7.89. The predicted molar refractivity (Wildman–Crippen MR) is 126 cm³/mol. The first-order valence-corrected chi connectivity index (χ1v) is 12.3. The third-order valence-corrected chi connectivity index (χ3v) is 7.90. The SMILES string of the molecule is COCc1nnc2c3ccc(Cl)cc3nc(N3CCN(S(=O)(=O)c4cccc(C)c4)CC3)n12. The molecular formula is C22H23ClN6O3S. The van der Waals surface area contributed by atoms with Crippen molar-refractivity contribution in [3.05, 3.63) is 58.9 Å². The Morgan fingerprint density at radius 1 is 1.06 bits per heavy atom. The Bertz CT molecular complexity index is 1450. The number of piperazine rings is 1. The van der Waals surface area contributed by atoms with Gasteiger partial charge in [-0.3, -0.25) is 0 Å². The lowest BCUT2D eigenvalue weighted by molar-refractivity contribution is 0.177. The standard InChI is InChI=1S/C22H23ClN6O3S/c1-15-4-3-5-17(12-15)33(30,31)28-10-8-27(9-11-28)22-24-19-13-16(23)6-7-18(19)21-26-25-20(14-32-2)29(21)22/h3-7,12-13H,8-11,14H2,1-2H3. The molecule has 5 rings (SSSR count). The van der Waals surface area contributed by atoms with E-state index in [1.165, 1.54) is 4.31 Å². The van der Waals surface area contributed by atoms with Gasteiger partial charge in [0.1, 0.15) is 6.61 Å². The molecule has 9 nitrogen and oxygen atoms in total. The number of ether oxygens (including phenoxy) is 1. The minimum Gasteiger partial charge on any atom is -0.377 e. The van der Waals surface area contributed by atoms with E-state index in [1.807, 2.05) is 23.5 Å². The minimum atomic E-state index is -3.56. The van der Waals surface area contributed by atoms with Crippen molar-refractivity contribution in [1.29, 1.82) is 0 Å². The molecule has 1 aliphatic rings. The average Bonchev–Trinajstić information content (AvgIpc) is 3.22. The van der Waals surface area contributed by atoms with Gasteiger partial charge in [-0.25, -0.2) is 17.8 Å². The van der Waals surface area contributed by atoms with E-state index in [-0.39, 0.29) is 6.61 Å². The van der Waals surface area contributed by atoms with Gasteiger partial charge in [0.15, 0.2) is 11.5 Å². The van der Waals surface area contributed by atoms with Gasteiger partial charge in [-0.1, -0.05) is 23.7 Å². The molecular weight excluding hydrogens is 464 g/mol. The second kappa shape index (κ2) is 8.53. The van der Waals surface area contributed by atoms with Crippen LogP contribution in [0, 0.1) is 6.92 Å². The quantitative estimate of drug-likeness (QED) is 0.428. The Balaban J connectivity index is 1.50. The number of rotatable bonds is 5. The van der Waals surface area contributed by atoms with Gasteiger partial charge in [0.05, 0.1) is 10.4 Å². The molecule has 0 atom stereocenters. The summed E-state index contributed by atoms with van der Waals surface area (Å²) in [4.78, 5) is 7.23. The number of halogens is 1. The third-order valence-electron chi connectivity index (χ3n) is 5.77. The van der Waals surface area contributed by atoms with Gasteiger partial charge in [0, 0.05) is 43.7 Å². The minimum absolute atomic E-state index is 0.274. The Hall–Kier alpha value is -2.79. The van der Waals surface area contributed by atoms with Crippen molar-refractivity contribution >= 4 is 44.1 Å². The smallest absolute Gasteiger partial charge is 0.243 e. The van der Waals surface area contributed by atoms with E-state index in [0.717, 1.165) is 10.9 Å². The summed E-state index contributed by atoms with van der Waals surface area (Å²) in [5.41, 5.74) is 2.28. The summed E-state index contributed by atoms with van der Waals surface area (Å²) < 4.78 is 35.0. The van der Waals surface area contributed by atoms with Crippen molar-refractivity contribution in [3.8, 4) is 0 Å². The average molecular weight is 487 g/mol. The molecule has 2 aromatic heterocycles. The van der Waals surface area contributed by atoms with Crippen molar-refractivity contribution in [2.24, 2.45) is 0 Å². The van der Waals surface area contributed by atoms with E-state index in [2.05, 4.69) is 15.1 Å². The van der Waals surface area contributed by atoms with Crippen LogP contribution in [0.1, 0.15) is 11.4 Å². The van der Waals surface area contributed by atoms with E-state index in [1.54, 1.807) is 37.4 Å². The maximum Gasteiger partial charge on any atom is 0.243 e. The van der Waals surface area contributed by atoms with Gasteiger partial charge < -0.3 is 9.64 Å². The highest BCUT2D eigenvalue weighted by Gasteiger charge is 2.30. The fraction of sp³-hybridized carbons (Fsp3) is 0.318. The molecule has 2 aromatic carbocycles. The number of hydrogen-bond donors (Lipinski definition) is 0. The lowest BCUT2D eigenvalue weighted by Gasteiger charge is -2.35. The number of methoxy groups -OCH3 is 1. The number of sulfonamides is 1. The fourth-order valence-corrected chi connectivity index (χ4v) is 5.83. The van der Waals surface area contributed by atoms with Crippen LogP contribution in [0.3, 0.4) is 0 Å². The molecule has 1 saturated heterocycles. The van der Waals surface area contributed by atoms with Gasteiger partial charge in [-0.2, -0.15) is 4.31 Å². The molecule has 0 bridgehead atoms. The first-order valence-electron chi connectivity index (χ1n) is 10.5. The summed E-state index contributed by atoms with van der Waals surface area (Å²) in [5, 5.41) is 10.1. The summed E-state index contributed by atoms with van der Waals surface area (Å²) in [6.07, 6.45) is 0. The van der Waals surface area contributed by atoms with Gasteiger partial charge in [0.25, 0.3) is 0 Å². The lowest BCUT2D eigenvalue weighted by Crippen LogP contribution is -2.49. The molecule has 3 heterocycles. The Morgan fingerprint density at radius 2 is 1.85 bits per heavy atom. The topological polar surface area (TPSA) is 92.9 Å². The summed E-state index contributed by atoms with van der Waals surface area (Å²) in [6.45, 7) is 3.80. The van der Waals surface area contributed by atoms with Gasteiger partial charge in [0.2, 0.25) is 16.0 Å². The molecule has 0 N–H and O–H groups in total. The molecule has 0 unspecified atom stereocenters. The van der Waals surface area contributed by atoms with Crippen LogP contribution in [0.4, 0.5) is 5.95 Å². The van der Waals surface area contributed by atoms with E-state index in [9.17, 15) is 8.42 Å². The van der Waals surface area contributed by atoms with Gasteiger partial charge in [-0.15, -0.1) is 10.2 Å². The molecule has 33 heavy (non-hydrogen) atoms. The molecule has 172 valence electrons. The Labute approximate surface area is 196 Å². The summed E-state index contributed by atoms with van der Waals surface area (Å²) in [7, 11) is -1.96. The maximum atomic E-state index is 13.1. The molecule has 0 radical (unpaired) electrons. The van der Waals surface area contributed by atoms with Crippen LogP contribution in [-0.2, 0) is 21.4 Å². The monoisotopic (exact) mass is 486 g/mol. The van der Waals surface area contributed by atoms with Gasteiger partial charge in [-0.05, 0) is 42.8 Å². The number of benzene rings is 2. The number of anilines is 1. The predicted octanol–water partition coefficient (Wildman–Crippen LogP) is 2.90. The molecule has 0 aliphatic carbocycles. The first-order chi connectivity index (χ1) is 15.9. The van der Waals surface area contributed by atoms with Crippen LogP contribution < -0.4 is 4.90 Å². The number of nitrogens with zero attached hydrogens (tertiary/aromatic N) is 6. The van der Waals surface area contributed by atoms with Crippen LogP contribution in [0.25, 0.3) is 16.6 Å². The third kappa shape index (κ3) is 3.93. The van der Waals surface area contributed by atoms with E-state index in [0.29, 0.717) is 59.0 Å². The Morgan fingerprint density at radius 3 is 2.58 bits per heavy atom. The normalized spacial score (nSPS) is 15.5. The van der Waals surface area contributed by atoms with Crippen molar-refractivity contribution in [3.63, 3.8) is 0 Å². The van der Waals surface area contributed by atoms with Crippen LogP contribution in [-0.4, -0.2) is 65.6 Å². The van der Waals surface area contributed by atoms with E-state index >= 15 is 0 Å². The molecule has 0 saturated carbocycles. The van der Waals surface area contributed by atoms with Crippen molar-refractivity contribution < 1.29 is 13.2 Å². The number of fused-ring (bicyclic) bond motifs is 3.